The second kappa shape index (κ2) is 10.4. The average molecular weight is 499 g/mol. The number of benzene rings is 2. The molecule has 4 rings (SSSR count). The summed E-state index contributed by atoms with van der Waals surface area (Å²) in [4.78, 5) is 26.8. The molecule has 0 aliphatic carbocycles. The van der Waals surface area contributed by atoms with E-state index in [1.165, 1.54) is 11.3 Å². The van der Waals surface area contributed by atoms with Gasteiger partial charge < -0.3 is 10.2 Å². The van der Waals surface area contributed by atoms with Crippen molar-refractivity contribution in [3.63, 3.8) is 0 Å². The van der Waals surface area contributed by atoms with Crippen molar-refractivity contribution in [3.8, 4) is 0 Å². The minimum Gasteiger partial charge on any atom is -0.311 e. The Morgan fingerprint density at radius 1 is 1.12 bits per heavy atom. The Labute approximate surface area is 202 Å². The van der Waals surface area contributed by atoms with Crippen molar-refractivity contribution in [2.24, 2.45) is 0 Å². The first-order valence-corrected chi connectivity index (χ1v) is 13.7. The third-order valence-electron chi connectivity index (χ3n) is 5.69. The molecule has 0 radical (unpaired) electrons. The number of para-hydroxylation sites is 1. The molecule has 0 saturated carbocycles. The van der Waals surface area contributed by atoms with Crippen molar-refractivity contribution in [3.05, 3.63) is 70.7 Å². The summed E-state index contributed by atoms with van der Waals surface area (Å²) in [5, 5.41) is 11.8. The molecule has 0 unspecified atom stereocenters. The number of carbonyl (C=O) groups is 2. The first-order valence-electron chi connectivity index (χ1n) is 11.1. The maximum Gasteiger partial charge on any atom is 0.227 e. The molecular formula is C24H26N4O4S2. The summed E-state index contributed by atoms with van der Waals surface area (Å²) in [7, 11) is -3.41. The van der Waals surface area contributed by atoms with Gasteiger partial charge in [-0.3, -0.25) is 9.59 Å². The first-order chi connectivity index (χ1) is 16.3. The molecule has 34 heavy (non-hydrogen) atoms. The second-order valence-corrected chi connectivity index (χ2v) is 11.4. The van der Waals surface area contributed by atoms with Crippen molar-refractivity contribution in [2.45, 2.75) is 37.9 Å². The lowest BCUT2D eigenvalue weighted by Gasteiger charge is -2.19. The number of anilines is 2. The number of aromatic nitrogens is 2. The van der Waals surface area contributed by atoms with Crippen molar-refractivity contribution in [1.29, 1.82) is 0 Å². The monoisotopic (exact) mass is 498 g/mol. The maximum atomic E-state index is 12.7. The topological polar surface area (TPSA) is 109 Å². The molecule has 1 N–H and O–H groups in total. The van der Waals surface area contributed by atoms with Crippen LogP contribution in [0.4, 0.5) is 10.8 Å². The van der Waals surface area contributed by atoms with Gasteiger partial charge in [0, 0.05) is 31.0 Å². The molecule has 2 heterocycles. The van der Waals surface area contributed by atoms with Gasteiger partial charge in [-0.15, -0.1) is 10.2 Å². The zero-order chi connectivity index (χ0) is 24.1. The lowest BCUT2D eigenvalue weighted by Crippen LogP contribution is -2.25. The van der Waals surface area contributed by atoms with Crippen molar-refractivity contribution < 1.29 is 18.0 Å². The Bertz CT molecular complexity index is 1270. The van der Waals surface area contributed by atoms with Crippen molar-refractivity contribution in [1.82, 2.24) is 10.2 Å². The van der Waals surface area contributed by atoms with Crippen LogP contribution in [-0.2, 0) is 31.6 Å². The van der Waals surface area contributed by atoms with Crippen LogP contribution in [0.25, 0.3) is 0 Å². The normalized spacial score (nSPS) is 16.1. The third kappa shape index (κ3) is 5.87. The summed E-state index contributed by atoms with van der Waals surface area (Å²) in [6.45, 7) is 2.57. The van der Waals surface area contributed by atoms with Gasteiger partial charge in [-0.25, -0.2) is 8.42 Å². The van der Waals surface area contributed by atoms with E-state index in [1.54, 1.807) is 29.2 Å². The van der Waals surface area contributed by atoms with Crippen LogP contribution >= 0.6 is 11.3 Å². The fourth-order valence-electron chi connectivity index (χ4n) is 3.96. The Kier molecular flexibility index (Phi) is 7.38. The van der Waals surface area contributed by atoms with Crippen molar-refractivity contribution in [2.75, 3.05) is 22.5 Å². The molecule has 10 heteroatoms. The summed E-state index contributed by atoms with van der Waals surface area (Å²) >= 11 is 1.22. The first kappa shape index (κ1) is 24.0. The quantitative estimate of drug-likeness (QED) is 0.483. The van der Waals surface area contributed by atoms with Crippen LogP contribution in [0.2, 0.25) is 0 Å². The number of nitrogens with one attached hydrogen (secondary N) is 1. The number of aryl methyl sites for hydroxylation is 1. The van der Waals surface area contributed by atoms with Gasteiger partial charge in [0.15, 0.2) is 9.84 Å². The van der Waals surface area contributed by atoms with Crippen LogP contribution < -0.4 is 10.2 Å². The van der Waals surface area contributed by atoms with Crippen LogP contribution in [0.3, 0.4) is 0 Å². The van der Waals surface area contributed by atoms with Gasteiger partial charge in [0.25, 0.3) is 0 Å². The zero-order valence-electron chi connectivity index (χ0n) is 18.8. The van der Waals surface area contributed by atoms with E-state index in [2.05, 4.69) is 22.4 Å². The second-order valence-electron chi connectivity index (χ2n) is 8.21. The fraction of sp³-hybridized carbons (Fsp3) is 0.333. The van der Waals surface area contributed by atoms with Crippen LogP contribution in [0, 0.1) is 0 Å². The largest absolute Gasteiger partial charge is 0.311 e. The predicted octanol–water partition coefficient (Wildman–Crippen LogP) is 3.56. The van der Waals surface area contributed by atoms with E-state index in [-0.39, 0.29) is 29.8 Å². The lowest BCUT2D eigenvalue weighted by molar-refractivity contribution is -0.117. The van der Waals surface area contributed by atoms with Gasteiger partial charge in [-0.05, 0) is 23.6 Å². The highest BCUT2D eigenvalue weighted by molar-refractivity contribution is 7.90. The van der Waals surface area contributed by atoms with Gasteiger partial charge in [0.1, 0.15) is 5.01 Å². The molecule has 1 aromatic heterocycles. The molecule has 178 valence electrons. The van der Waals surface area contributed by atoms with Crippen LogP contribution in [0.15, 0.2) is 54.6 Å². The molecule has 1 aliphatic rings. The molecule has 1 fully saturated rings. The van der Waals surface area contributed by atoms with E-state index < -0.39 is 15.7 Å². The molecule has 0 bridgehead atoms. The zero-order valence-corrected chi connectivity index (χ0v) is 20.4. The van der Waals surface area contributed by atoms with Crippen molar-refractivity contribution >= 4 is 43.8 Å². The van der Waals surface area contributed by atoms with E-state index in [4.69, 9.17) is 0 Å². The smallest absolute Gasteiger partial charge is 0.227 e. The van der Waals surface area contributed by atoms with E-state index in [9.17, 15) is 18.0 Å². The van der Waals surface area contributed by atoms with Gasteiger partial charge >= 0.3 is 0 Å². The highest BCUT2D eigenvalue weighted by Gasteiger charge is 2.34. The third-order valence-corrected chi connectivity index (χ3v) is 8.29. The number of amides is 2. The maximum absolute atomic E-state index is 12.7. The highest BCUT2D eigenvalue weighted by Crippen LogP contribution is 2.35. The fourth-order valence-corrected chi connectivity index (χ4v) is 6.15. The Morgan fingerprint density at radius 2 is 1.85 bits per heavy atom. The predicted molar refractivity (Wildman–Crippen MR) is 133 cm³/mol. The Balaban J connectivity index is 1.33. The number of rotatable bonds is 9. The van der Waals surface area contributed by atoms with E-state index in [1.807, 2.05) is 30.3 Å². The lowest BCUT2D eigenvalue weighted by atomic mass is 10.1. The standard InChI is InChI=1S/C24H26N4O4S2/c1-2-18-10-6-7-11-20(18)28-15-19(14-22(28)30)23-26-27-24(33-23)25-21(29)12-13-34(31,32)16-17-8-4-3-5-9-17/h3-11,19H,2,12-16H2,1H3,(H,25,27,29)/t19-/m0/s1. The van der Waals surface area contributed by atoms with Gasteiger partial charge in [0.05, 0.1) is 11.5 Å². The van der Waals surface area contributed by atoms with Crippen LogP contribution in [-0.4, -0.2) is 42.7 Å². The van der Waals surface area contributed by atoms with E-state index >= 15 is 0 Å². The van der Waals surface area contributed by atoms with Crippen LogP contribution in [0.1, 0.15) is 41.8 Å². The number of hydrogen-bond acceptors (Lipinski definition) is 7. The molecule has 0 spiro atoms. The molecule has 8 nitrogen and oxygen atoms in total. The highest BCUT2D eigenvalue weighted by atomic mass is 32.2. The molecule has 2 aromatic carbocycles. The number of nitrogens with zero attached hydrogens (tertiary/aromatic N) is 3. The van der Waals surface area contributed by atoms with Crippen LogP contribution in [0.5, 0.6) is 0 Å². The summed E-state index contributed by atoms with van der Waals surface area (Å²) < 4.78 is 24.6. The summed E-state index contributed by atoms with van der Waals surface area (Å²) in [6.07, 6.45) is 1.01. The molecular weight excluding hydrogens is 472 g/mol. The molecule has 1 atom stereocenters. The number of carbonyl (C=O) groups excluding carboxylic acids is 2. The minimum absolute atomic E-state index is 0.0373. The van der Waals surface area contributed by atoms with E-state index in [0.717, 1.165) is 17.7 Å². The molecule has 2 amide bonds. The van der Waals surface area contributed by atoms with E-state index in [0.29, 0.717) is 28.7 Å². The molecule has 1 aliphatic heterocycles. The minimum atomic E-state index is -3.41. The SMILES string of the molecule is CCc1ccccc1N1C[C@@H](c2nnc(NC(=O)CCS(=O)(=O)Cc3ccccc3)s2)CC1=O. The summed E-state index contributed by atoms with van der Waals surface area (Å²) in [6, 6.07) is 16.7. The summed E-state index contributed by atoms with van der Waals surface area (Å²) in [5.41, 5.74) is 2.73. The Hall–Kier alpha value is -3.11. The molecule has 1 saturated heterocycles. The van der Waals surface area contributed by atoms with Gasteiger partial charge in [-0.2, -0.15) is 0 Å². The average Bonchev–Trinajstić information content (AvgIpc) is 3.44. The van der Waals surface area contributed by atoms with Gasteiger partial charge in [0.2, 0.25) is 16.9 Å². The van der Waals surface area contributed by atoms with Gasteiger partial charge in [-0.1, -0.05) is 66.8 Å². The number of sulfone groups is 1. The molecule has 3 aromatic rings. The number of hydrogen-bond donors (Lipinski definition) is 1. The summed E-state index contributed by atoms with van der Waals surface area (Å²) in [5.74, 6) is -0.845. The Morgan fingerprint density at radius 3 is 2.62 bits per heavy atom.